The molecule has 5 rings (SSSR count). The van der Waals surface area contributed by atoms with Gasteiger partial charge < -0.3 is 15.2 Å². The molecule has 218 valence electrons. The fraction of sp³-hybridized carbons (Fsp3) is 0.343. The number of aromatic nitrogens is 2. The van der Waals surface area contributed by atoms with Gasteiger partial charge in [0.1, 0.15) is 5.60 Å². The normalized spacial score (nSPS) is 15.1. The summed E-state index contributed by atoms with van der Waals surface area (Å²) in [5, 5.41) is 16.7. The number of benzene rings is 1. The van der Waals surface area contributed by atoms with Crippen LogP contribution in [0.2, 0.25) is 0 Å². The number of carbonyl (C=O) groups is 1. The van der Waals surface area contributed by atoms with Crippen LogP contribution in [0, 0.1) is 6.92 Å². The van der Waals surface area contributed by atoms with E-state index in [4.69, 9.17) is 9.72 Å². The minimum absolute atomic E-state index is 0.0332. The predicted molar refractivity (Wildman–Crippen MR) is 173 cm³/mol. The van der Waals surface area contributed by atoms with Crippen LogP contribution in [-0.4, -0.2) is 26.8 Å². The highest BCUT2D eigenvalue weighted by molar-refractivity contribution is 7.13. The Kier molecular flexibility index (Phi) is 8.24. The average Bonchev–Trinajstić information content (AvgIpc) is 3.35. The van der Waals surface area contributed by atoms with E-state index in [0.29, 0.717) is 10.9 Å². The Balaban J connectivity index is 1.64. The molecule has 0 atom stereocenters. The minimum atomic E-state index is -0.557. The van der Waals surface area contributed by atoms with Crippen molar-refractivity contribution in [3.63, 3.8) is 0 Å². The van der Waals surface area contributed by atoms with Gasteiger partial charge in [-0.15, -0.1) is 11.3 Å². The summed E-state index contributed by atoms with van der Waals surface area (Å²) in [6.07, 6.45) is 11.2. The largest absolute Gasteiger partial charge is 0.493 e. The number of thiophene rings is 1. The Morgan fingerprint density at radius 2 is 1.93 bits per heavy atom. The number of aryl methyl sites for hydroxylation is 1. The number of hydrogen-bond donors (Lipinski definition) is 2. The maximum atomic E-state index is 12.7. The Bertz CT molecular complexity index is 1670. The standard InChI is InChI=1S/C35H39N3O3S/c1-7-10-23(11-8-2)26-19-27-31(28(20-36-32(27)39)29-18-22(3)21-42-29)37-30(26)24-12-14-25(15-13-24)35(16-9-17-35)38-33(40)41-34(4,5)6/h7,10-15,18-21H,8-9,16-17H2,1-6H3,(H,36,39)(H,38,40)/b10-7-,23-11+. The van der Waals surface area contributed by atoms with Gasteiger partial charge in [0, 0.05) is 27.8 Å². The maximum Gasteiger partial charge on any atom is 0.408 e. The number of rotatable bonds is 7. The van der Waals surface area contributed by atoms with E-state index in [-0.39, 0.29) is 5.88 Å². The lowest BCUT2D eigenvalue weighted by atomic mass is 9.71. The molecule has 1 aromatic carbocycles. The second-order valence-electron chi connectivity index (χ2n) is 12.0. The number of hydrogen-bond acceptors (Lipinski definition) is 6. The van der Waals surface area contributed by atoms with Gasteiger partial charge in [-0.25, -0.2) is 14.8 Å². The third-order valence-corrected chi connectivity index (χ3v) is 8.65. The summed E-state index contributed by atoms with van der Waals surface area (Å²) in [5.74, 6) is -0.0332. The number of nitrogens with zero attached hydrogens (tertiary/aromatic N) is 2. The van der Waals surface area contributed by atoms with E-state index < -0.39 is 17.2 Å². The first-order valence-corrected chi connectivity index (χ1v) is 15.4. The monoisotopic (exact) mass is 581 g/mol. The van der Waals surface area contributed by atoms with Gasteiger partial charge in [0.15, 0.2) is 0 Å². The van der Waals surface area contributed by atoms with Crippen molar-refractivity contribution in [2.75, 3.05) is 0 Å². The molecule has 0 radical (unpaired) electrons. The zero-order chi connectivity index (χ0) is 30.1. The van der Waals surface area contributed by atoms with Crippen molar-refractivity contribution in [1.82, 2.24) is 15.3 Å². The SMILES string of the molecule is C/C=C\C(=C/CC)c1cc2c(O)ncc(-c3cc(C)cs3)c2nc1-c1ccc(C2(NC(=O)OC(C)(C)C)CCC2)cc1. The lowest BCUT2D eigenvalue weighted by Crippen LogP contribution is -2.52. The molecule has 0 saturated heterocycles. The molecule has 7 heteroatoms. The summed E-state index contributed by atoms with van der Waals surface area (Å²) in [4.78, 5) is 23.3. The number of nitrogens with one attached hydrogen (secondary N) is 1. The zero-order valence-electron chi connectivity index (χ0n) is 25.2. The second kappa shape index (κ2) is 11.7. The van der Waals surface area contributed by atoms with Gasteiger partial charge in [0.2, 0.25) is 5.88 Å². The van der Waals surface area contributed by atoms with Gasteiger partial charge >= 0.3 is 6.09 Å². The molecule has 0 unspecified atom stereocenters. The molecule has 3 aromatic heterocycles. The summed E-state index contributed by atoms with van der Waals surface area (Å²) in [6, 6.07) is 12.5. The van der Waals surface area contributed by atoms with E-state index in [1.807, 2.05) is 39.8 Å². The van der Waals surface area contributed by atoms with Crippen molar-refractivity contribution in [2.24, 2.45) is 0 Å². The molecule has 1 aliphatic rings. The number of ether oxygens (including phenoxy) is 1. The first kappa shape index (κ1) is 29.5. The number of alkyl carbamates (subject to hydrolysis) is 1. The number of fused-ring (bicyclic) bond motifs is 1. The number of carbonyl (C=O) groups excluding carboxylic acids is 1. The zero-order valence-corrected chi connectivity index (χ0v) is 26.1. The van der Waals surface area contributed by atoms with E-state index in [9.17, 15) is 9.90 Å². The lowest BCUT2D eigenvalue weighted by molar-refractivity contribution is 0.0377. The maximum absolute atomic E-state index is 12.7. The van der Waals surface area contributed by atoms with Gasteiger partial charge in [0.05, 0.1) is 22.1 Å². The van der Waals surface area contributed by atoms with Crippen molar-refractivity contribution in [3.8, 4) is 27.6 Å². The quantitative estimate of drug-likeness (QED) is 0.212. The highest BCUT2D eigenvalue weighted by atomic mass is 32.1. The van der Waals surface area contributed by atoms with Gasteiger partial charge in [0.25, 0.3) is 0 Å². The summed E-state index contributed by atoms with van der Waals surface area (Å²) in [5.41, 5.74) is 6.60. The van der Waals surface area contributed by atoms with Crippen molar-refractivity contribution in [2.45, 2.75) is 78.4 Å². The van der Waals surface area contributed by atoms with Crippen LogP contribution in [0.5, 0.6) is 5.88 Å². The van der Waals surface area contributed by atoms with Crippen LogP contribution in [0.4, 0.5) is 4.79 Å². The fourth-order valence-corrected chi connectivity index (χ4v) is 6.38. The first-order valence-electron chi connectivity index (χ1n) is 14.6. The summed E-state index contributed by atoms with van der Waals surface area (Å²) in [7, 11) is 0. The molecule has 4 aromatic rings. The minimum Gasteiger partial charge on any atom is -0.493 e. The van der Waals surface area contributed by atoms with Gasteiger partial charge in [-0.3, -0.25) is 0 Å². The van der Waals surface area contributed by atoms with E-state index in [1.54, 1.807) is 17.5 Å². The van der Waals surface area contributed by atoms with E-state index >= 15 is 0 Å². The molecule has 0 bridgehead atoms. The fourth-order valence-electron chi connectivity index (χ4n) is 5.47. The molecule has 1 fully saturated rings. The molecule has 1 saturated carbocycles. The van der Waals surface area contributed by atoms with Gasteiger partial charge in [-0.1, -0.05) is 49.4 Å². The van der Waals surface area contributed by atoms with Crippen molar-refractivity contribution in [1.29, 1.82) is 0 Å². The highest BCUT2D eigenvalue weighted by Gasteiger charge is 2.41. The molecular weight excluding hydrogens is 542 g/mol. The topological polar surface area (TPSA) is 84.3 Å². The molecule has 1 amide bonds. The molecule has 0 aliphatic heterocycles. The Morgan fingerprint density at radius 3 is 2.50 bits per heavy atom. The van der Waals surface area contributed by atoms with Crippen molar-refractivity contribution >= 4 is 33.9 Å². The molecule has 3 heterocycles. The predicted octanol–water partition coefficient (Wildman–Crippen LogP) is 9.31. The third-order valence-electron chi connectivity index (χ3n) is 7.57. The number of pyridine rings is 2. The number of aromatic hydroxyl groups is 1. The molecular formula is C35H39N3O3S. The van der Waals surface area contributed by atoms with Crippen LogP contribution < -0.4 is 5.32 Å². The second-order valence-corrected chi connectivity index (χ2v) is 12.9. The lowest BCUT2D eigenvalue weighted by Gasteiger charge is -2.43. The third kappa shape index (κ3) is 5.97. The Hall–Kier alpha value is -3.97. The Morgan fingerprint density at radius 1 is 1.19 bits per heavy atom. The van der Waals surface area contributed by atoms with Crippen LogP contribution in [-0.2, 0) is 10.3 Å². The molecule has 0 spiro atoms. The highest BCUT2D eigenvalue weighted by Crippen LogP contribution is 2.43. The van der Waals surface area contributed by atoms with Crippen LogP contribution in [0.1, 0.15) is 77.0 Å². The number of amides is 1. The number of allylic oxidation sites excluding steroid dienone is 4. The van der Waals surface area contributed by atoms with Crippen LogP contribution in [0.15, 0.2) is 66.2 Å². The van der Waals surface area contributed by atoms with Crippen LogP contribution >= 0.6 is 11.3 Å². The molecule has 2 N–H and O–H groups in total. The van der Waals surface area contributed by atoms with Crippen LogP contribution in [0.3, 0.4) is 0 Å². The van der Waals surface area contributed by atoms with E-state index in [2.05, 4.69) is 72.0 Å². The summed E-state index contributed by atoms with van der Waals surface area (Å²) >= 11 is 1.64. The molecule has 1 aliphatic carbocycles. The summed E-state index contributed by atoms with van der Waals surface area (Å²) < 4.78 is 5.57. The smallest absolute Gasteiger partial charge is 0.408 e. The van der Waals surface area contributed by atoms with Gasteiger partial charge in [-0.2, -0.15) is 0 Å². The molecule has 42 heavy (non-hydrogen) atoms. The van der Waals surface area contributed by atoms with E-state index in [1.165, 1.54) is 5.56 Å². The summed E-state index contributed by atoms with van der Waals surface area (Å²) in [6.45, 7) is 11.8. The molecule has 6 nitrogen and oxygen atoms in total. The Labute approximate surface area is 252 Å². The van der Waals surface area contributed by atoms with Gasteiger partial charge in [-0.05, 0) is 94.5 Å². The average molecular weight is 582 g/mol. The van der Waals surface area contributed by atoms with E-state index in [0.717, 1.165) is 64.1 Å². The van der Waals surface area contributed by atoms with Crippen molar-refractivity contribution in [3.05, 3.63) is 82.9 Å². The van der Waals surface area contributed by atoms with Crippen molar-refractivity contribution < 1.29 is 14.6 Å². The first-order chi connectivity index (χ1) is 20.0. The van der Waals surface area contributed by atoms with Crippen LogP contribution in [0.25, 0.3) is 38.2 Å².